The Bertz CT molecular complexity index is 552. The summed E-state index contributed by atoms with van der Waals surface area (Å²) < 4.78 is 5.33. The number of thiophene rings is 1. The van der Waals surface area contributed by atoms with E-state index in [0.717, 1.165) is 34.1 Å². The van der Waals surface area contributed by atoms with Crippen LogP contribution in [0, 0.1) is 0 Å². The maximum atomic E-state index is 5.94. The van der Waals surface area contributed by atoms with Crippen LogP contribution in [-0.2, 0) is 4.74 Å². The zero-order chi connectivity index (χ0) is 11.8. The molecule has 0 spiro atoms. The third-order valence-corrected chi connectivity index (χ3v) is 3.70. The van der Waals surface area contributed by atoms with E-state index in [1.807, 2.05) is 6.07 Å². The van der Waals surface area contributed by atoms with Gasteiger partial charge in [0, 0.05) is 13.1 Å². The maximum absolute atomic E-state index is 5.94. The van der Waals surface area contributed by atoms with Crippen molar-refractivity contribution in [2.24, 2.45) is 0 Å². The summed E-state index contributed by atoms with van der Waals surface area (Å²) in [6.45, 7) is 3.06. The molecule has 0 aromatic carbocycles. The number of morpholine rings is 1. The summed E-state index contributed by atoms with van der Waals surface area (Å²) in [7, 11) is 0. The van der Waals surface area contributed by atoms with Gasteiger partial charge in [-0.15, -0.1) is 0 Å². The molecule has 1 aliphatic heterocycles. The van der Waals surface area contributed by atoms with Gasteiger partial charge in [0.15, 0.2) is 0 Å². The van der Waals surface area contributed by atoms with E-state index in [1.54, 1.807) is 0 Å². The lowest BCUT2D eigenvalue weighted by Gasteiger charge is -2.28. The fourth-order valence-electron chi connectivity index (χ4n) is 1.92. The molecule has 3 heterocycles. The number of nitrogens with two attached hydrogens (primary N) is 1. The summed E-state index contributed by atoms with van der Waals surface area (Å²) in [5.74, 6) is 0.858. The molecule has 7 heteroatoms. The molecule has 1 aliphatic rings. The molecule has 0 amide bonds. The zero-order valence-corrected chi connectivity index (χ0v) is 10.6. The molecule has 17 heavy (non-hydrogen) atoms. The van der Waals surface area contributed by atoms with Crippen LogP contribution in [0.5, 0.6) is 0 Å². The smallest absolute Gasteiger partial charge is 0.225 e. The van der Waals surface area contributed by atoms with Gasteiger partial charge in [-0.25, -0.2) is 4.98 Å². The van der Waals surface area contributed by atoms with Crippen LogP contribution < -0.4 is 10.6 Å². The summed E-state index contributed by atoms with van der Waals surface area (Å²) in [5, 5.41) is 1.96. The van der Waals surface area contributed by atoms with Crippen LogP contribution in [0.2, 0.25) is 5.28 Å². The molecule has 0 saturated carbocycles. The molecule has 2 N–H and O–H groups in total. The molecule has 5 nitrogen and oxygen atoms in total. The Balaban J connectivity index is 2.12. The predicted octanol–water partition coefficient (Wildman–Crippen LogP) is 1.76. The number of halogens is 1. The number of rotatable bonds is 1. The van der Waals surface area contributed by atoms with Gasteiger partial charge in [0.25, 0.3) is 0 Å². The third-order valence-electron chi connectivity index (χ3n) is 2.68. The normalized spacial score (nSPS) is 16.6. The van der Waals surface area contributed by atoms with Crippen molar-refractivity contribution in [3.8, 4) is 0 Å². The number of nitrogen functional groups attached to an aromatic ring is 1. The fourth-order valence-corrected chi connectivity index (χ4v) is 2.92. The first-order valence-corrected chi connectivity index (χ1v) is 6.49. The standard InChI is InChI=1S/C10H11ClN4OS/c11-10-13-8(15-1-3-16-4-2-15)6-5-7(12)17-9(6)14-10/h5H,1-4,12H2. The monoisotopic (exact) mass is 270 g/mol. The minimum absolute atomic E-state index is 0.265. The Kier molecular flexibility index (Phi) is 2.78. The molecule has 0 unspecified atom stereocenters. The van der Waals surface area contributed by atoms with Gasteiger partial charge in [0.1, 0.15) is 10.6 Å². The van der Waals surface area contributed by atoms with E-state index in [4.69, 9.17) is 22.1 Å². The summed E-state index contributed by atoms with van der Waals surface area (Å²) in [5.41, 5.74) is 5.80. The Hall–Kier alpha value is -1.11. The topological polar surface area (TPSA) is 64.3 Å². The van der Waals surface area contributed by atoms with E-state index in [2.05, 4.69) is 14.9 Å². The van der Waals surface area contributed by atoms with Crippen molar-refractivity contribution in [2.45, 2.75) is 0 Å². The average Bonchev–Trinajstić information content (AvgIpc) is 2.69. The van der Waals surface area contributed by atoms with E-state index >= 15 is 0 Å². The van der Waals surface area contributed by atoms with Crippen molar-refractivity contribution in [1.82, 2.24) is 9.97 Å². The molecule has 2 aromatic rings. The van der Waals surface area contributed by atoms with Crippen LogP contribution in [0.1, 0.15) is 0 Å². The second-order valence-electron chi connectivity index (χ2n) is 3.78. The fraction of sp³-hybridized carbons (Fsp3) is 0.400. The number of anilines is 2. The molecular formula is C10H11ClN4OS. The van der Waals surface area contributed by atoms with Crippen LogP contribution >= 0.6 is 22.9 Å². The number of fused-ring (bicyclic) bond motifs is 1. The van der Waals surface area contributed by atoms with Crippen LogP contribution in [-0.4, -0.2) is 36.3 Å². The van der Waals surface area contributed by atoms with E-state index in [9.17, 15) is 0 Å². The highest BCUT2D eigenvalue weighted by molar-refractivity contribution is 7.22. The van der Waals surface area contributed by atoms with E-state index in [-0.39, 0.29) is 5.28 Å². The first-order chi connectivity index (χ1) is 8.24. The highest BCUT2D eigenvalue weighted by Gasteiger charge is 2.18. The Morgan fingerprint density at radius 1 is 1.35 bits per heavy atom. The maximum Gasteiger partial charge on any atom is 0.225 e. The van der Waals surface area contributed by atoms with Gasteiger partial charge in [-0.3, -0.25) is 0 Å². The van der Waals surface area contributed by atoms with Gasteiger partial charge in [-0.2, -0.15) is 4.98 Å². The highest BCUT2D eigenvalue weighted by atomic mass is 35.5. The van der Waals surface area contributed by atoms with E-state index < -0.39 is 0 Å². The number of aromatic nitrogens is 2. The van der Waals surface area contributed by atoms with Crippen LogP contribution in [0.4, 0.5) is 10.8 Å². The number of hydrogen-bond donors (Lipinski definition) is 1. The zero-order valence-electron chi connectivity index (χ0n) is 9.02. The van der Waals surface area contributed by atoms with Crippen LogP contribution in [0.15, 0.2) is 6.07 Å². The Morgan fingerprint density at radius 2 is 2.12 bits per heavy atom. The quantitative estimate of drug-likeness (QED) is 0.800. The second kappa shape index (κ2) is 4.29. The molecule has 90 valence electrons. The van der Waals surface area contributed by atoms with Crippen molar-refractivity contribution in [2.75, 3.05) is 36.9 Å². The average molecular weight is 271 g/mol. The van der Waals surface area contributed by atoms with Gasteiger partial charge in [-0.1, -0.05) is 11.3 Å². The number of ether oxygens (including phenoxy) is 1. The first-order valence-electron chi connectivity index (χ1n) is 5.29. The molecule has 0 aliphatic carbocycles. The van der Waals surface area contributed by atoms with Crippen LogP contribution in [0.3, 0.4) is 0 Å². The summed E-state index contributed by atoms with van der Waals surface area (Å²) in [6.07, 6.45) is 0. The van der Waals surface area contributed by atoms with Gasteiger partial charge >= 0.3 is 0 Å². The highest BCUT2D eigenvalue weighted by Crippen LogP contribution is 2.33. The number of hydrogen-bond acceptors (Lipinski definition) is 6. The van der Waals surface area contributed by atoms with Gasteiger partial charge in [0.2, 0.25) is 5.28 Å². The van der Waals surface area contributed by atoms with Crippen LogP contribution in [0.25, 0.3) is 10.2 Å². The molecule has 3 rings (SSSR count). The molecule has 0 atom stereocenters. The van der Waals surface area contributed by atoms with Gasteiger partial charge < -0.3 is 15.4 Å². The van der Waals surface area contributed by atoms with Gasteiger partial charge in [0.05, 0.1) is 23.6 Å². The second-order valence-corrected chi connectivity index (χ2v) is 5.18. The van der Waals surface area contributed by atoms with E-state index in [1.165, 1.54) is 11.3 Å². The SMILES string of the molecule is Nc1cc2c(N3CCOCC3)nc(Cl)nc2s1. The third kappa shape index (κ3) is 2.03. The van der Waals surface area contributed by atoms with Gasteiger partial charge in [-0.05, 0) is 17.7 Å². The van der Waals surface area contributed by atoms with Crippen molar-refractivity contribution >= 4 is 44.0 Å². The lowest BCUT2D eigenvalue weighted by atomic mass is 10.3. The van der Waals surface area contributed by atoms with E-state index in [0.29, 0.717) is 13.2 Å². The molecule has 0 bridgehead atoms. The first kappa shape index (κ1) is 11.0. The lowest BCUT2D eigenvalue weighted by Crippen LogP contribution is -2.36. The van der Waals surface area contributed by atoms with Crippen molar-refractivity contribution < 1.29 is 4.74 Å². The predicted molar refractivity (Wildman–Crippen MR) is 69.9 cm³/mol. The largest absolute Gasteiger partial charge is 0.391 e. The Morgan fingerprint density at radius 3 is 2.88 bits per heavy atom. The molecular weight excluding hydrogens is 260 g/mol. The molecule has 2 aromatic heterocycles. The lowest BCUT2D eigenvalue weighted by molar-refractivity contribution is 0.122. The molecule has 1 fully saturated rings. The van der Waals surface area contributed by atoms with Crippen molar-refractivity contribution in [3.63, 3.8) is 0 Å². The minimum Gasteiger partial charge on any atom is -0.391 e. The minimum atomic E-state index is 0.265. The summed E-state index contributed by atoms with van der Waals surface area (Å²) in [6, 6.07) is 1.90. The summed E-state index contributed by atoms with van der Waals surface area (Å²) >= 11 is 7.37. The molecule has 1 saturated heterocycles. The molecule has 0 radical (unpaired) electrons. The summed E-state index contributed by atoms with van der Waals surface area (Å²) in [4.78, 5) is 11.5. The van der Waals surface area contributed by atoms with Crippen molar-refractivity contribution in [3.05, 3.63) is 11.3 Å². The number of nitrogens with zero attached hydrogens (tertiary/aromatic N) is 3. The Labute approximate surface area is 107 Å². The van der Waals surface area contributed by atoms with Crippen molar-refractivity contribution in [1.29, 1.82) is 0 Å².